The van der Waals surface area contributed by atoms with Gasteiger partial charge in [-0.2, -0.15) is 0 Å². The molecule has 0 aliphatic heterocycles. The smallest absolute Gasteiger partial charge is 0.0273 e. The highest BCUT2D eigenvalue weighted by molar-refractivity contribution is 5.64. The predicted octanol–water partition coefficient (Wildman–Crippen LogP) is 4.18. The Balaban J connectivity index is -0.000000175. The van der Waals surface area contributed by atoms with E-state index in [2.05, 4.69) is 25.8 Å². The van der Waals surface area contributed by atoms with Crippen molar-refractivity contribution in [3.63, 3.8) is 0 Å². The molecule has 0 saturated carbocycles. The molecule has 0 heterocycles. The van der Waals surface area contributed by atoms with Crippen LogP contribution in [0.3, 0.4) is 0 Å². The molecule has 0 amide bonds. The van der Waals surface area contributed by atoms with Crippen LogP contribution in [0.2, 0.25) is 0 Å². The molecule has 0 aliphatic rings. The Morgan fingerprint density at radius 1 is 1.08 bits per heavy atom. The first-order valence-corrected chi connectivity index (χ1v) is 5.05. The Labute approximate surface area is 79.3 Å². The maximum Gasteiger partial charge on any atom is 0.0273 e. The molecular weight excluding hydrogens is 146 g/mol. The fourth-order valence-electron chi connectivity index (χ4n) is 0.441. The first kappa shape index (κ1) is 17.7. The van der Waals surface area contributed by atoms with Gasteiger partial charge in [0.25, 0.3) is 0 Å². The van der Waals surface area contributed by atoms with Gasteiger partial charge in [-0.3, -0.25) is 0 Å². The van der Waals surface area contributed by atoms with Crippen molar-refractivity contribution < 1.29 is 0 Å². The summed E-state index contributed by atoms with van der Waals surface area (Å²) in [5, 5.41) is 0. The Hall–Kier alpha value is -0.330. The van der Waals surface area contributed by atoms with Crippen molar-refractivity contribution >= 4 is 6.21 Å². The Morgan fingerprint density at radius 2 is 1.42 bits per heavy atom. The van der Waals surface area contributed by atoms with Gasteiger partial charge in [-0.15, -0.1) is 0 Å². The summed E-state index contributed by atoms with van der Waals surface area (Å²) in [5.74, 6) is 0. The lowest BCUT2D eigenvalue weighted by Crippen LogP contribution is -2.10. The zero-order valence-electron chi connectivity index (χ0n) is 10.2. The number of aliphatic imine (C=N–C) groups is 1. The Bertz CT molecular complexity index is 83.0. The van der Waals surface area contributed by atoms with Gasteiger partial charge in [0.1, 0.15) is 0 Å². The summed E-state index contributed by atoms with van der Waals surface area (Å²) in [6, 6.07) is 0. The highest BCUT2D eigenvalue weighted by atomic mass is 14.6. The molecule has 0 N–H and O–H groups in total. The highest BCUT2D eigenvalue weighted by Gasteiger charge is 2.09. The molecule has 76 valence electrons. The topological polar surface area (TPSA) is 12.4 Å². The van der Waals surface area contributed by atoms with E-state index in [-0.39, 0.29) is 0 Å². The molecule has 0 unspecified atom stereocenters. The van der Waals surface area contributed by atoms with Crippen molar-refractivity contribution in [2.75, 3.05) is 7.05 Å². The summed E-state index contributed by atoms with van der Waals surface area (Å²) in [7, 11) is 1.82. The van der Waals surface area contributed by atoms with E-state index in [0.717, 1.165) is 6.42 Å². The van der Waals surface area contributed by atoms with E-state index in [1.165, 1.54) is 0 Å². The predicted molar refractivity (Wildman–Crippen MR) is 61.2 cm³/mol. The highest BCUT2D eigenvalue weighted by Crippen LogP contribution is 2.15. The lowest BCUT2D eigenvalue weighted by Gasteiger charge is -2.14. The second-order valence-electron chi connectivity index (χ2n) is 2.73. The van der Waals surface area contributed by atoms with Gasteiger partial charge in [-0.25, -0.2) is 0 Å². The first-order chi connectivity index (χ1) is 5.62. The maximum atomic E-state index is 3.95. The number of hydrogen-bond donors (Lipinski definition) is 0. The van der Waals surface area contributed by atoms with E-state index in [4.69, 9.17) is 0 Å². The fraction of sp³-hybridized carbons (Fsp3) is 0.909. The molecule has 0 bridgehead atoms. The van der Waals surface area contributed by atoms with Gasteiger partial charge in [0.15, 0.2) is 0 Å². The quantitative estimate of drug-likeness (QED) is 0.556. The van der Waals surface area contributed by atoms with E-state index >= 15 is 0 Å². The summed E-state index contributed by atoms with van der Waals surface area (Å²) in [6.45, 7) is 14.5. The molecule has 0 radical (unpaired) electrons. The summed E-state index contributed by atoms with van der Waals surface area (Å²) in [5.41, 5.74) is 0.300. The third kappa shape index (κ3) is 16.3. The van der Waals surface area contributed by atoms with Crippen LogP contribution in [0.1, 0.15) is 54.9 Å². The van der Waals surface area contributed by atoms with Crippen LogP contribution in [0.4, 0.5) is 0 Å². The second kappa shape index (κ2) is 13.3. The minimum atomic E-state index is 0.300. The monoisotopic (exact) mass is 173 g/mol. The molecular formula is C11H27N. The van der Waals surface area contributed by atoms with Gasteiger partial charge in [-0.1, -0.05) is 48.5 Å². The average Bonchev–Trinajstić information content (AvgIpc) is 2.12. The third-order valence-corrected chi connectivity index (χ3v) is 1.39. The third-order valence-electron chi connectivity index (χ3n) is 1.39. The largest absolute Gasteiger partial charge is 0.300 e. The molecule has 0 aromatic heterocycles. The van der Waals surface area contributed by atoms with Crippen molar-refractivity contribution in [2.24, 2.45) is 10.4 Å². The van der Waals surface area contributed by atoms with E-state index < -0.39 is 0 Å². The van der Waals surface area contributed by atoms with Crippen molar-refractivity contribution in [1.29, 1.82) is 0 Å². The van der Waals surface area contributed by atoms with Crippen LogP contribution < -0.4 is 0 Å². The van der Waals surface area contributed by atoms with Crippen molar-refractivity contribution in [3.8, 4) is 0 Å². The lowest BCUT2D eigenvalue weighted by molar-refractivity contribution is 0.515. The number of hydrogen-bond acceptors (Lipinski definition) is 1. The van der Waals surface area contributed by atoms with Crippen LogP contribution in [0.15, 0.2) is 4.99 Å². The van der Waals surface area contributed by atoms with Gasteiger partial charge >= 0.3 is 0 Å². The summed E-state index contributed by atoms with van der Waals surface area (Å²) >= 11 is 0. The van der Waals surface area contributed by atoms with Crippen molar-refractivity contribution in [2.45, 2.75) is 54.9 Å². The van der Waals surface area contributed by atoms with Crippen LogP contribution in [0, 0.1) is 5.41 Å². The molecule has 0 spiro atoms. The molecule has 0 aromatic rings. The maximum absolute atomic E-state index is 3.95. The molecule has 12 heavy (non-hydrogen) atoms. The van der Waals surface area contributed by atoms with E-state index in [9.17, 15) is 0 Å². The number of nitrogens with zero attached hydrogens (tertiary/aromatic N) is 1. The van der Waals surface area contributed by atoms with Crippen LogP contribution >= 0.6 is 0 Å². The molecule has 0 fully saturated rings. The Morgan fingerprint density at radius 3 is 1.50 bits per heavy atom. The number of rotatable bonds is 2. The van der Waals surface area contributed by atoms with Crippen molar-refractivity contribution in [3.05, 3.63) is 0 Å². The zero-order chi connectivity index (χ0) is 10.6. The molecule has 0 aromatic carbocycles. The molecule has 0 rings (SSSR count). The Kier molecular flexibility index (Phi) is 19.6. The van der Waals surface area contributed by atoms with Crippen LogP contribution in [0.5, 0.6) is 0 Å². The van der Waals surface area contributed by atoms with Gasteiger partial charge in [0, 0.05) is 13.3 Å². The van der Waals surface area contributed by atoms with Gasteiger partial charge in [-0.05, 0) is 11.8 Å². The van der Waals surface area contributed by atoms with E-state index in [1.54, 1.807) is 0 Å². The lowest BCUT2D eigenvalue weighted by atomic mass is 9.92. The average molecular weight is 173 g/mol. The summed E-state index contributed by atoms with van der Waals surface area (Å²) in [6.07, 6.45) is 3.15. The molecule has 1 heteroatoms. The standard InChI is InChI=1S/C7H15N.2C2H6/c1-5-7(2,3)6-8-4;2*1-2/h6H,5H2,1-4H3;2*1-2H3. The van der Waals surface area contributed by atoms with E-state index in [1.807, 2.05) is 41.0 Å². The first-order valence-electron chi connectivity index (χ1n) is 5.05. The van der Waals surface area contributed by atoms with Gasteiger partial charge in [0.05, 0.1) is 0 Å². The molecule has 1 nitrogen and oxygen atoms in total. The minimum Gasteiger partial charge on any atom is -0.300 e. The van der Waals surface area contributed by atoms with E-state index in [0.29, 0.717) is 5.41 Å². The normalized spacial score (nSPS) is 9.67. The molecule has 0 atom stereocenters. The molecule has 0 saturated heterocycles. The van der Waals surface area contributed by atoms with Crippen LogP contribution in [0.25, 0.3) is 0 Å². The molecule has 0 aliphatic carbocycles. The fourth-order valence-corrected chi connectivity index (χ4v) is 0.441. The SMILES string of the molecule is CC.CC.CCC(C)(C)C=NC. The van der Waals surface area contributed by atoms with Crippen molar-refractivity contribution in [1.82, 2.24) is 0 Å². The minimum absolute atomic E-state index is 0.300. The summed E-state index contributed by atoms with van der Waals surface area (Å²) < 4.78 is 0. The van der Waals surface area contributed by atoms with Crippen LogP contribution in [-0.4, -0.2) is 13.3 Å². The zero-order valence-corrected chi connectivity index (χ0v) is 10.2. The second-order valence-corrected chi connectivity index (χ2v) is 2.73. The van der Waals surface area contributed by atoms with Crippen LogP contribution in [-0.2, 0) is 0 Å². The summed E-state index contributed by atoms with van der Waals surface area (Å²) in [4.78, 5) is 3.95. The van der Waals surface area contributed by atoms with Gasteiger partial charge in [0.2, 0.25) is 0 Å². The van der Waals surface area contributed by atoms with Gasteiger partial charge < -0.3 is 4.99 Å².